The molecule has 0 aliphatic rings. The van der Waals surface area contributed by atoms with Crippen molar-refractivity contribution in [3.05, 3.63) is 107 Å². The molecule has 1 heterocycles. The zero-order chi connectivity index (χ0) is 25.5. The molecule has 4 rings (SSSR count). The lowest BCUT2D eigenvalue weighted by atomic mass is 9.97. The number of rotatable bonds is 10. The van der Waals surface area contributed by atoms with E-state index < -0.39 is 5.91 Å². The van der Waals surface area contributed by atoms with Gasteiger partial charge in [0.15, 0.2) is 0 Å². The number of hydrogen-bond acceptors (Lipinski definition) is 4. The molecule has 36 heavy (non-hydrogen) atoms. The highest BCUT2D eigenvalue weighted by molar-refractivity contribution is 6.02. The van der Waals surface area contributed by atoms with Crippen LogP contribution >= 0.6 is 0 Å². The van der Waals surface area contributed by atoms with Crippen LogP contribution in [0.3, 0.4) is 0 Å². The van der Waals surface area contributed by atoms with Crippen LogP contribution in [0.5, 0.6) is 11.5 Å². The molecular formula is C30H30N2O4. The van der Waals surface area contributed by atoms with Crippen molar-refractivity contribution in [1.29, 1.82) is 0 Å². The van der Waals surface area contributed by atoms with Gasteiger partial charge in [-0.25, -0.2) is 0 Å². The Bertz CT molecular complexity index is 1340. The summed E-state index contributed by atoms with van der Waals surface area (Å²) >= 11 is 0. The normalized spacial score (nSPS) is 10.7. The summed E-state index contributed by atoms with van der Waals surface area (Å²) in [6.45, 7) is 2.55. The van der Waals surface area contributed by atoms with Gasteiger partial charge >= 0.3 is 5.97 Å². The first-order valence-electron chi connectivity index (χ1n) is 11.9. The van der Waals surface area contributed by atoms with Crippen LogP contribution in [-0.4, -0.2) is 23.6 Å². The molecule has 6 nitrogen and oxygen atoms in total. The van der Waals surface area contributed by atoms with Crippen molar-refractivity contribution in [1.82, 2.24) is 4.57 Å². The number of methoxy groups -OCH3 is 1. The summed E-state index contributed by atoms with van der Waals surface area (Å²) in [7, 11) is 1.38. The van der Waals surface area contributed by atoms with E-state index in [1.807, 2.05) is 79.7 Å². The molecule has 2 N–H and O–H groups in total. The first kappa shape index (κ1) is 24.8. The number of hydrogen-bond donors (Lipinski definition) is 1. The fraction of sp³-hybridized carbons (Fsp3) is 0.200. The highest BCUT2D eigenvalue weighted by Gasteiger charge is 2.25. The highest BCUT2D eigenvalue weighted by Crippen LogP contribution is 2.36. The summed E-state index contributed by atoms with van der Waals surface area (Å²) in [6.07, 6.45) is 1.38. The number of para-hydroxylation sites is 1. The minimum absolute atomic E-state index is 0.191. The molecule has 0 atom stereocenters. The van der Waals surface area contributed by atoms with Crippen LogP contribution in [-0.2, 0) is 28.9 Å². The summed E-state index contributed by atoms with van der Waals surface area (Å²) in [5.74, 6) is 0.542. The maximum Gasteiger partial charge on any atom is 0.305 e. The van der Waals surface area contributed by atoms with Gasteiger partial charge in [0.2, 0.25) is 0 Å². The second kappa shape index (κ2) is 11.4. The Balaban J connectivity index is 1.79. The maximum atomic E-state index is 12.7. The third kappa shape index (κ3) is 5.66. The predicted molar refractivity (Wildman–Crippen MR) is 140 cm³/mol. The minimum atomic E-state index is -0.505. The third-order valence-electron chi connectivity index (χ3n) is 6.24. The van der Waals surface area contributed by atoms with Gasteiger partial charge in [-0.1, -0.05) is 60.7 Å². The van der Waals surface area contributed by atoms with Gasteiger partial charge in [0.1, 0.15) is 11.5 Å². The van der Waals surface area contributed by atoms with Crippen molar-refractivity contribution in [2.45, 2.75) is 32.7 Å². The zero-order valence-electron chi connectivity index (χ0n) is 20.6. The summed E-state index contributed by atoms with van der Waals surface area (Å²) in [5.41, 5.74) is 10.7. The van der Waals surface area contributed by atoms with Gasteiger partial charge in [0.25, 0.3) is 5.91 Å². The van der Waals surface area contributed by atoms with Crippen LogP contribution < -0.4 is 10.5 Å². The predicted octanol–water partition coefficient (Wildman–Crippen LogP) is 5.70. The van der Waals surface area contributed by atoms with Crippen molar-refractivity contribution in [3.8, 4) is 22.6 Å². The second-order valence-corrected chi connectivity index (χ2v) is 8.55. The summed E-state index contributed by atoms with van der Waals surface area (Å²) in [6, 6.07) is 27.3. The Morgan fingerprint density at radius 2 is 1.53 bits per heavy atom. The lowest BCUT2D eigenvalue weighted by molar-refractivity contribution is -0.140. The number of esters is 1. The molecule has 6 heteroatoms. The lowest BCUT2D eigenvalue weighted by Crippen LogP contribution is -2.14. The largest absolute Gasteiger partial charge is 0.469 e. The van der Waals surface area contributed by atoms with Gasteiger partial charge in [0.05, 0.1) is 19.1 Å². The number of ether oxygens (including phenoxy) is 2. The molecule has 4 aromatic rings. The molecule has 0 spiro atoms. The second-order valence-electron chi connectivity index (χ2n) is 8.55. The fourth-order valence-corrected chi connectivity index (χ4v) is 4.52. The van der Waals surface area contributed by atoms with Gasteiger partial charge in [-0.15, -0.1) is 0 Å². The molecule has 3 aromatic carbocycles. The molecule has 0 saturated heterocycles. The van der Waals surface area contributed by atoms with E-state index in [2.05, 4.69) is 16.7 Å². The summed E-state index contributed by atoms with van der Waals surface area (Å²) < 4.78 is 13.0. The average Bonchev–Trinajstić information content (AvgIpc) is 3.18. The standard InChI is InChI=1S/C30H30N2O4/c1-21-28(30(31)34)29(23-12-9-15-25(20-23)36-24-13-7-4-8-14-24)26(16-17-27(33)35-2)32(21)19-18-22-10-5-3-6-11-22/h3-15,20H,16-19H2,1-2H3,(H2,31,34). The fourth-order valence-electron chi connectivity index (χ4n) is 4.52. The van der Waals surface area contributed by atoms with Crippen molar-refractivity contribution < 1.29 is 19.1 Å². The average molecular weight is 483 g/mol. The number of primary amides is 1. The molecule has 184 valence electrons. The van der Waals surface area contributed by atoms with Gasteiger partial charge in [-0.3, -0.25) is 9.59 Å². The first-order valence-corrected chi connectivity index (χ1v) is 11.9. The first-order chi connectivity index (χ1) is 17.5. The molecule has 0 radical (unpaired) electrons. The van der Waals surface area contributed by atoms with E-state index in [0.29, 0.717) is 30.0 Å². The Hall–Kier alpha value is -4.32. The van der Waals surface area contributed by atoms with E-state index in [0.717, 1.165) is 28.9 Å². The van der Waals surface area contributed by atoms with Crippen molar-refractivity contribution in [3.63, 3.8) is 0 Å². The topological polar surface area (TPSA) is 83.6 Å². The van der Waals surface area contributed by atoms with Crippen LogP contribution in [0, 0.1) is 6.92 Å². The van der Waals surface area contributed by atoms with Crippen molar-refractivity contribution in [2.24, 2.45) is 5.73 Å². The molecule has 1 amide bonds. The Morgan fingerprint density at radius 3 is 2.19 bits per heavy atom. The van der Waals surface area contributed by atoms with Gasteiger partial charge < -0.3 is 19.8 Å². The van der Waals surface area contributed by atoms with E-state index in [9.17, 15) is 9.59 Å². The van der Waals surface area contributed by atoms with E-state index >= 15 is 0 Å². The number of carbonyl (C=O) groups is 2. The summed E-state index contributed by atoms with van der Waals surface area (Å²) in [4.78, 5) is 24.8. The van der Waals surface area contributed by atoms with E-state index in [4.69, 9.17) is 15.2 Å². The number of amides is 1. The number of aryl methyl sites for hydroxylation is 1. The molecule has 0 saturated carbocycles. The number of benzene rings is 3. The molecule has 0 aliphatic carbocycles. The Kier molecular flexibility index (Phi) is 7.85. The van der Waals surface area contributed by atoms with Gasteiger partial charge in [-0.05, 0) is 55.2 Å². The quantitative estimate of drug-likeness (QED) is 0.294. The lowest BCUT2D eigenvalue weighted by Gasteiger charge is -2.14. The molecule has 0 bridgehead atoms. The minimum Gasteiger partial charge on any atom is -0.469 e. The number of nitrogens with zero attached hydrogens (tertiary/aromatic N) is 1. The smallest absolute Gasteiger partial charge is 0.305 e. The SMILES string of the molecule is COC(=O)CCc1c(-c2cccc(Oc3ccccc3)c2)c(C(N)=O)c(C)n1CCc1ccccc1. The molecular weight excluding hydrogens is 452 g/mol. The molecule has 0 unspecified atom stereocenters. The van der Waals surface area contributed by atoms with Crippen molar-refractivity contribution >= 4 is 11.9 Å². The Morgan fingerprint density at radius 1 is 0.861 bits per heavy atom. The number of aromatic nitrogens is 1. The van der Waals surface area contributed by atoms with Crippen LogP contribution in [0.15, 0.2) is 84.9 Å². The maximum absolute atomic E-state index is 12.7. The highest BCUT2D eigenvalue weighted by atomic mass is 16.5. The molecule has 0 fully saturated rings. The monoisotopic (exact) mass is 482 g/mol. The number of nitrogens with two attached hydrogens (primary N) is 1. The van der Waals surface area contributed by atoms with Crippen LogP contribution in [0.4, 0.5) is 0 Å². The third-order valence-corrected chi connectivity index (χ3v) is 6.24. The van der Waals surface area contributed by atoms with Gasteiger partial charge in [0, 0.05) is 23.5 Å². The molecule has 0 aliphatic heterocycles. The van der Waals surface area contributed by atoms with Crippen LogP contribution in [0.1, 0.15) is 33.7 Å². The van der Waals surface area contributed by atoms with E-state index in [1.54, 1.807) is 0 Å². The van der Waals surface area contributed by atoms with Crippen LogP contribution in [0.2, 0.25) is 0 Å². The van der Waals surface area contributed by atoms with Crippen LogP contribution in [0.25, 0.3) is 11.1 Å². The molecule has 1 aromatic heterocycles. The van der Waals surface area contributed by atoms with E-state index in [1.165, 1.54) is 12.7 Å². The van der Waals surface area contributed by atoms with E-state index in [-0.39, 0.29) is 12.4 Å². The summed E-state index contributed by atoms with van der Waals surface area (Å²) in [5, 5.41) is 0. The zero-order valence-corrected chi connectivity index (χ0v) is 20.6. The Labute approximate surface area is 211 Å². The van der Waals surface area contributed by atoms with Gasteiger partial charge in [-0.2, -0.15) is 0 Å². The van der Waals surface area contributed by atoms with Crippen molar-refractivity contribution in [2.75, 3.05) is 7.11 Å². The number of carbonyl (C=O) groups excluding carboxylic acids is 2.